The van der Waals surface area contributed by atoms with E-state index in [1.54, 1.807) is 72.8 Å². The molecule has 0 radical (unpaired) electrons. The van der Waals surface area contributed by atoms with Gasteiger partial charge in [-0.2, -0.15) is 18.3 Å². The maximum Gasteiger partial charge on any atom is 0.502 e. The van der Waals surface area contributed by atoms with E-state index in [-0.39, 0.29) is 17.0 Å². The summed E-state index contributed by atoms with van der Waals surface area (Å²) in [7, 11) is -5.71. The van der Waals surface area contributed by atoms with Crippen LogP contribution in [0.15, 0.2) is 89.8 Å². The zero-order valence-electron chi connectivity index (χ0n) is 16.3. The zero-order valence-corrected chi connectivity index (χ0v) is 17.2. The number of rotatable bonds is 4. The summed E-state index contributed by atoms with van der Waals surface area (Å²) in [6, 6.07) is 23.1. The van der Waals surface area contributed by atoms with Crippen LogP contribution in [-0.2, 0) is 9.84 Å². The Morgan fingerprint density at radius 2 is 1.32 bits per heavy atom. The molecular formula is C23H17F3N2O2S. The molecule has 0 unspecified atom stereocenters. The summed E-state index contributed by atoms with van der Waals surface area (Å²) in [6.07, 6.45) is 0. The molecular weight excluding hydrogens is 425 g/mol. The summed E-state index contributed by atoms with van der Waals surface area (Å²) in [6.45, 7) is 1.83. The quantitative estimate of drug-likeness (QED) is 0.401. The van der Waals surface area contributed by atoms with E-state index in [0.717, 1.165) is 5.56 Å². The number of halogens is 3. The lowest BCUT2D eigenvalue weighted by Crippen LogP contribution is -2.24. The van der Waals surface area contributed by atoms with Gasteiger partial charge in [0.2, 0.25) is 0 Å². The maximum absolute atomic E-state index is 13.8. The first-order chi connectivity index (χ1) is 14.7. The molecule has 31 heavy (non-hydrogen) atoms. The summed E-state index contributed by atoms with van der Waals surface area (Å²) < 4.78 is 68.1. The molecule has 3 aromatic carbocycles. The Labute approximate surface area is 177 Å². The molecule has 0 aliphatic carbocycles. The van der Waals surface area contributed by atoms with Gasteiger partial charge in [-0.25, -0.2) is 13.1 Å². The average Bonchev–Trinajstić information content (AvgIpc) is 3.16. The Bertz CT molecular complexity index is 1310. The fraction of sp³-hybridized carbons (Fsp3) is 0.0870. The van der Waals surface area contributed by atoms with Crippen molar-refractivity contribution < 1.29 is 21.6 Å². The van der Waals surface area contributed by atoms with E-state index in [1.807, 2.05) is 6.92 Å². The first-order valence-corrected chi connectivity index (χ1v) is 10.8. The van der Waals surface area contributed by atoms with Crippen molar-refractivity contribution in [2.75, 3.05) is 0 Å². The number of benzene rings is 3. The van der Waals surface area contributed by atoms with Gasteiger partial charge in [0.05, 0.1) is 11.4 Å². The van der Waals surface area contributed by atoms with Gasteiger partial charge < -0.3 is 0 Å². The lowest BCUT2D eigenvalue weighted by molar-refractivity contribution is -0.0435. The number of hydrogen-bond donors (Lipinski definition) is 0. The van der Waals surface area contributed by atoms with Crippen molar-refractivity contribution in [3.63, 3.8) is 0 Å². The molecule has 0 atom stereocenters. The molecule has 158 valence electrons. The van der Waals surface area contributed by atoms with Gasteiger partial charge in [-0.05, 0) is 19.1 Å². The second-order valence-electron chi connectivity index (χ2n) is 6.95. The molecule has 0 aliphatic rings. The molecule has 0 N–H and O–H groups in total. The minimum absolute atomic E-state index is 0.137. The third-order valence-corrected chi connectivity index (χ3v) is 6.32. The van der Waals surface area contributed by atoms with Crippen molar-refractivity contribution in [2.24, 2.45) is 0 Å². The van der Waals surface area contributed by atoms with Crippen molar-refractivity contribution in [1.82, 2.24) is 9.78 Å². The molecule has 4 rings (SSSR count). The minimum Gasteiger partial charge on any atom is -0.231 e. The van der Waals surface area contributed by atoms with Crippen molar-refractivity contribution in [2.45, 2.75) is 17.3 Å². The predicted molar refractivity (Wildman–Crippen MR) is 112 cm³/mol. The molecule has 1 heterocycles. The van der Waals surface area contributed by atoms with E-state index < -0.39 is 20.2 Å². The highest BCUT2D eigenvalue weighted by atomic mass is 32.2. The van der Waals surface area contributed by atoms with Crippen LogP contribution < -0.4 is 0 Å². The van der Waals surface area contributed by atoms with Gasteiger partial charge in [-0.1, -0.05) is 78.4 Å². The van der Waals surface area contributed by atoms with Gasteiger partial charge in [0.1, 0.15) is 10.6 Å². The average molecular weight is 442 g/mol. The second kappa shape index (κ2) is 7.70. The molecule has 1 aromatic heterocycles. The molecule has 8 heteroatoms. The van der Waals surface area contributed by atoms with E-state index in [2.05, 4.69) is 5.10 Å². The van der Waals surface area contributed by atoms with Crippen LogP contribution in [0.5, 0.6) is 0 Å². The monoisotopic (exact) mass is 442 g/mol. The van der Waals surface area contributed by atoms with E-state index in [1.165, 1.54) is 16.8 Å². The molecule has 0 saturated carbocycles. The number of alkyl halides is 3. The fourth-order valence-electron chi connectivity index (χ4n) is 3.28. The Kier molecular flexibility index (Phi) is 5.18. The lowest BCUT2D eigenvalue weighted by Gasteiger charge is -2.13. The molecule has 0 spiro atoms. The highest BCUT2D eigenvalue weighted by molar-refractivity contribution is 7.92. The molecule has 0 fully saturated rings. The van der Waals surface area contributed by atoms with Gasteiger partial charge in [-0.15, -0.1) is 0 Å². The van der Waals surface area contributed by atoms with Gasteiger partial charge >= 0.3 is 5.51 Å². The molecule has 4 nitrogen and oxygen atoms in total. The smallest absolute Gasteiger partial charge is 0.231 e. The number of aryl methyl sites for hydroxylation is 1. The Morgan fingerprint density at radius 1 is 0.774 bits per heavy atom. The van der Waals surface area contributed by atoms with Crippen LogP contribution in [0.2, 0.25) is 0 Å². The second-order valence-corrected chi connectivity index (χ2v) is 8.83. The van der Waals surface area contributed by atoms with Gasteiger partial charge in [-0.3, -0.25) is 0 Å². The number of hydrogen-bond acceptors (Lipinski definition) is 3. The van der Waals surface area contributed by atoms with Crippen LogP contribution in [-0.4, -0.2) is 23.7 Å². The normalized spacial score (nSPS) is 12.1. The molecule has 0 saturated heterocycles. The lowest BCUT2D eigenvalue weighted by atomic mass is 10.1. The number of nitrogens with zero attached hydrogens (tertiary/aromatic N) is 2. The summed E-state index contributed by atoms with van der Waals surface area (Å²) in [5, 5.41) is 4.37. The number of aromatic nitrogens is 2. The molecule has 0 bridgehead atoms. The Balaban J connectivity index is 2.16. The van der Waals surface area contributed by atoms with E-state index in [0.29, 0.717) is 11.3 Å². The number of sulfone groups is 1. The Morgan fingerprint density at radius 3 is 1.87 bits per heavy atom. The van der Waals surface area contributed by atoms with Crippen molar-refractivity contribution in [3.05, 3.63) is 90.5 Å². The summed E-state index contributed by atoms with van der Waals surface area (Å²) in [5.41, 5.74) is -3.96. The van der Waals surface area contributed by atoms with Crippen LogP contribution >= 0.6 is 0 Å². The van der Waals surface area contributed by atoms with Crippen molar-refractivity contribution >= 4 is 9.84 Å². The zero-order chi connectivity index (χ0) is 22.2. The maximum atomic E-state index is 13.8. The minimum atomic E-state index is -5.71. The first kappa shape index (κ1) is 20.9. The van der Waals surface area contributed by atoms with E-state index in [4.69, 9.17) is 0 Å². The Hall–Kier alpha value is -3.39. The van der Waals surface area contributed by atoms with Crippen molar-refractivity contribution in [3.8, 4) is 28.2 Å². The van der Waals surface area contributed by atoms with Crippen LogP contribution in [0.3, 0.4) is 0 Å². The highest BCUT2D eigenvalue weighted by Crippen LogP contribution is 2.43. The predicted octanol–water partition coefficient (Wildman–Crippen LogP) is 5.81. The SMILES string of the molecule is Cc1ccc(-c2c(S(=O)(=O)C(F)(F)F)c(-c3ccccc3)nn2-c2ccccc2)cc1. The third kappa shape index (κ3) is 3.74. The highest BCUT2D eigenvalue weighted by Gasteiger charge is 2.51. The van der Waals surface area contributed by atoms with Crippen LogP contribution in [0, 0.1) is 6.92 Å². The van der Waals surface area contributed by atoms with Gasteiger partial charge in [0.25, 0.3) is 9.84 Å². The van der Waals surface area contributed by atoms with Crippen LogP contribution in [0.1, 0.15) is 5.56 Å². The molecule has 4 aromatic rings. The third-order valence-electron chi connectivity index (χ3n) is 4.79. The molecule has 0 amide bonds. The number of para-hydroxylation sites is 1. The van der Waals surface area contributed by atoms with E-state index in [9.17, 15) is 21.6 Å². The topological polar surface area (TPSA) is 52.0 Å². The van der Waals surface area contributed by atoms with Gasteiger partial charge in [0, 0.05) is 11.1 Å². The van der Waals surface area contributed by atoms with Gasteiger partial charge in [0.15, 0.2) is 0 Å². The summed E-state index contributed by atoms with van der Waals surface area (Å²) in [4.78, 5) is -0.862. The molecule has 0 aliphatic heterocycles. The largest absolute Gasteiger partial charge is 0.502 e. The van der Waals surface area contributed by atoms with Crippen LogP contribution in [0.25, 0.3) is 28.2 Å². The standard InChI is InChI=1S/C23H17F3N2O2S/c1-16-12-14-18(15-13-16)21-22(31(29,30)23(24,25)26)20(17-8-4-2-5-9-17)27-28(21)19-10-6-3-7-11-19/h2-15H,1H3. The van der Waals surface area contributed by atoms with E-state index >= 15 is 0 Å². The van der Waals surface area contributed by atoms with Crippen LogP contribution in [0.4, 0.5) is 13.2 Å². The fourth-order valence-corrected chi connectivity index (χ4v) is 4.38. The first-order valence-electron chi connectivity index (χ1n) is 9.32. The summed E-state index contributed by atoms with van der Waals surface area (Å²) in [5.74, 6) is 0. The van der Waals surface area contributed by atoms with Crippen molar-refractivity contribution in [1.29, 1.82) is 0 Å². The summed E-state index contributed by atoms with van der Waals surface area (Å²) >= 11 is 0.